The lowest BCUT2D eigenvalue weighted by Crippen LogP contribution is -2.31. The van der Waals surface area contributed by atoms with Crippen molar-refractivity contribution < 1.29 is 9.59 Å². The van der Waals surface area contributed by atoms with Gasteiger partial charge in [-0.1, -0.05) is 32.0 Å². The molecule has 2 aromatic rings. The zero-order valence-electron chi connectivity index (χ0n) is 15.2. The lowest BCUT2D eigenvalue weighted by Gasteiger charge is -2.23. The van der Waals surface area contributed by atoms with E-state index in [1.807, 2.05) is 38.1 Å². The summed E-state index contributed by atoms with van der Waals surface area (Å²) in [6.45, 7) is 6.68. The van der Waals surface area contributed by atoms with E-state index in [-0.39, 0.29) is 11.8 Å². The Hall–Kier alpha value is -2.62. The van der Waals surface area contributed by atoms with Crippen LogP contribution in [0, 0.1) is 6.92 Å². The molecule has 0 radical (unpaired) electrons. The van der Waals surface area contributed by atoms with Crippen LogP contribution in [0.5, 0.6) is 0 Å². The van der Waals surface area contributed by atoms with Gasteiger partial charge < -0.3 is 10.2 Å². The van der Waals surface area contributed by atoms with Crippen LogP contribution in [-0.4, -0.2) is 18.4 Å². The van der Waals surface area contributed by atoms with Gasteiger partial charge in [0.1, 0.15) is 0 Å². The first kappa shape index (κ1) is 18.7. The summed E-state index contributed by atoms with van der Waals surface area (Å²) in [5.41, 5.74) is 3.24. The highest BCUT2D eigenvalue weighted by Gasteiger charge is 2.17. The molecule has 0 fully saturated rings. The molecule has 0 aliphatic rings. The van der Waals surface area contributed by atoms with Gasteiger partial charge in [-0.25, -0.2) is 0 Å². The SMILES string of the molecule is CCCC(=O)Nc1cccc(C(=O)N(CCC)c2cccc(C)c2)c1. The highest BCUT2D eigenvalue weighted by Crippen LogP contribution is 2.21. The summed E-state index contributed by atoms with van der Waals surface area (Å²) >= 11 is 0. The summed E-state index contributed by atoms with van der Waals surface area (Å²) < 4.78 is 0. The van der Waals surface area contributed by atoms with Crippen molar-refractivity contribution >= 4 is 23.2 Å². The van der Waals surface area contributed by atoms with E-state index < -0.39 is 0 Å². The van der Waals surface area contributed by atoms with Gasteiger partial charge >= 0.3 is 0 Å². The van der Waals surface area contributed by atoms with E-state index in [2.05, 4.69) is 12.2 Å². The molecule has 2 amide bonds. The first-order valence-corrected chi connectivity index (χ1v) is 8.83. The Bertz CT molecular complexity index is 740. The standard InChI is InChI=1S/C21H26N2O2/c1-4-8-20(24)22-18-11-7-10-17(15-18)21(25)23(13-5-2)19-12-6-9-16(3)14-19/h6-7,9-12,14-15H,4-5,8,13H2,1-3H3,(H,22,24). The number of hydrogen-bond donors (Lipinski definition) is 1. The quantitative estimate of drug-likeness (QED) is 0.789. The molecule has 2 rings (SSSR count). The molecule has 0 aromatic heterocycles. The number of benzene rings is 2. The van der Waals surface area contributed by atoms with Gasteiger partial charge in [-0.3, -0.25) is 9.59 Å². The number of carbonyl (C=O) groups excluding carboxylic acids is 2. The van der Waals surface area contributed by atoms with Crippen LogP contribution in [0.25, 0.3) is 0 Å². The van der Waals surface area contributed by atoms with Crippen LogP contribution in [0.15, 0.2) is 48.5 Å². The second kappa shape index (κ2) is 9.02. The van der Waals surface area contributed by atoms with Crippen molar-refractivity contribution in [3.05, 3.63) is 59.7 Å². The number of carbonyl (C=O) groups is 2. The van der Waals surface area contributed by atoms with Gasteiger partial charge in [0.2, 0.25) is 5.91 Å². The van der Waals surface area contributed by atoms with Gasteiger partial charge in [0.05, 0.1) is 0 Å². The van der Waals surface area contributed by atoms with E-state index >= 15 is 0 Å². The minimum absolute atomic E-state index is 0.0313. The summed E-state index contributed by atoms with van der Waals surface area (Å²) in [4.78, 5) is 26.6. The number of amides is 2. The molecule has 0 bridgehead atoms. The first-order chi connectivity index (χ1) is 12.0. The van der Waals surface area contributed by atoms with Crippen molar-refractivity contribution in [2.45, 2.75) is 40.0 Å². The molecule has 25 heavy (non-hydrogen) atoms. The molecule has 2 aromatic carbocycles. The summed E-state index contributed by atoms with van der Waals surface area (Å²) in [5.74, 6) is -0.0877. The molecule has 132 valence electrons. The maximum Gasteiger partial charge on any atom is 0.258 e. The van der Waals surface area contributed by atoms with E-state index in [0.29, 0.717) is 24.2 Å². The monoisotopic (exact) mass is 338 g/mol. The van der Waals surface area contributed by atoms with Crippen molar-refractivity contribution in [3.8, 4) is 0 Å². The molecule has 1 N–H and O–H groups in total. The second-order valence-corrected chi connectivity index (χ2v) is 6.17. The maximum absolute atomic E-state index is 13.0. The van der Waals surface area contributed by atoms with Crippen LogP contribution in [-0.2, 0) is 4.79 Å². The van der Waals surface area contributed by atoms with Crippen molar-refractivity contribution in [2.24, 2.45) is 0 Å². The molecule has 0 aliphatic heterocycles. The third-order valence-electron chi connectivity index (χ3n) is 3.88. The van der Waals surface area contributed by atoms with Crippen molar-refractivity contribution in [3.63, 3.8) is 0 Å². The minimum atomic E-state index is -0.0564. The van der Waals surface area contributed by atoms with Crippen LogP contribution in [0.2, 0.25) is 0 Å². The smallest absolute Gasteiger partial charge is 0.258 e. The molecule has 0 saturated heterocycles. The van der Waals surface area contributed by atoms with E-state index in [0.717, 1.165) is 24.1 Å². The van der Waals surface area contributed by atoms with Crippen molar-refractivity contribution in [1.82, 2.24) is 0 Å². The molecule has 4 nitrogen and oxygen atoms in total. The number of hydrogen-bond acceptors (Lipinski definition) is 2. The van der Waals surface area contributed by atoms with Gasteiger partial charge in [0.25, 0.3) is 5.91 Å². The van der Waals surface area contributed by atoms with Crippen LogP contribution in [0.1, 0.15) is 49.0 Å². The summed E-state index contributed by atoms with van der Waals surface area (Å²) in [6, 6.07) is 15.1. The van der Waals surface area contributed by atoms with Crippen molar-refractivity contribution in [1.29, 1.82) is 0 Å². The fourth-order valence-corrected chi connectivity index (χ4v) is 2.70. The van der Waals surface area contributed by atoms with Gasteiger partial charge in [-0.05, 0) is 55.7 Å². The molecular weight excluding hydrogens is 312 g/mol. The van der Waals surface area contributed by atoms with Gasteiger partial charge in [0, 0.05) is 29.9 Å². The van der Waals surface area contributed by atoms with Gasteiger partial charge in [-0.15, -0.1) is 0 Å². The molecule has 0 unspecified atom stereocenters. The zero-order chi connectivity index (χ0) is 18.2. The Labute approximate surface area is 149 Å². The predicted molar refractivity (Wildman–Crippen MR) is 103 cm³/mol. The largest absolute Gasteiger partial charge is 0.326 e. The topological polar surface area (TPSA) is 49.4 Å². The lowest BCUT2D eigenvalue weighted by atomic mass is 10.1. The molecule has 0 saturated carbocycles. The van der Waals surface area contributed by atoms with Crippen LogP contribution in [0.4, 0.5) is 11.4 Å². The lowest BCUT2D eigenvalue weighted by molar-refractivity contribution is -0.116. The number of nitrogens with one attached hydrogen (secondary N) is 1. The fourth-order valence-electron chi connectivity index (χ4n) is 2.70. The van der Waals surface area contributed by atoms with E-state index in [1.165, 1.54) is 0 Å². The van der Waals surface area contributed by atoms with Gasteiger partial charge in [-0.2, -0.15) is 0 Å². The third kappa shape index (κ3) is 5.18. The van der Waals surface area contributed by atoms with Crippen LogP contribution < -0.4 is 10.2 Å². The van der Waals surface area contributed by atoms with E-state index in [9.17, 15) is 9.59 Å². The van der Waals surface area contributed by atoms with Crippen LogP contribution in [0.3, 0.4) is 0 Å². The average Bonchev–Trinajstić information content (AvgIpc) is 2.59. The number of rotatable bonds is 7. The molecular formula is C21H26N2O2. The van der Waals surface area contributed by atoms with E-state index in [1.54, 1.807) is 29.2 Å². The summed E-state index contributed by atoms with van der Waals surface area (Å²) in [5, 5.41) is 2.85. The predicted octanol–water partition coefficient (Wildman–Crippen LogP) is 4.79. The number of nitrogens with zero attached hydrogens (tertiary/aromatic N) is 1. The number of aryl methyl sites for hydroxylation is 1. The normalized spacial score (nSPS) is 10.4. The van der Waals surface area contributed by atoms with Crippen molar-refractivity contribution in [2.75, 3.05) is 16.8 Å². The summed E-state index contributed by atoms with van der Waals surface area (Å²) in [6.07, 6.45) is 2.14. The Morgan fingerprint density at radius 1 is 1.00 bits per heavy atom. The number of anilines is 2. The Morgan fingerprint density at radius 3 is 2.44 bits per heavy atom. The fraction of sp³-hybridized carbons (Fsp3) is 0.333. The molecule has 0 heterocycles. The summed E-state index contributed by atoms with van der Waals surface area (Å²) in [7, 11) is 0. The second-order valence-electron chi connectivity index (χ2n) is 6.17. The maximum atomic E-state index is 13.0. The first-order valence-electron chi connectivity index (χ1n) is 8.83. The van der Waals surface area contributed by atoms with E-state index in [4.69, 9.17) is 0 Å². The Balaban J connectivity index is 2.25. The van der Waals surface area contributed by atoms with Crippen LogP contribution >= 0.6 is 0 Å². The molecule has 4 heteroatoms. The molecule has 0 aliphatic carbocycles. The molecule has 0 spiro atoms. The minimum Gasteiger partial charge on any atom is -0.326 e. The highest BCUT2D eigenvalue weighted by molar-refractivity contribution is 6.07. The molecule has 0 atom stereocenters. The average molecular weight is 338 g/mol. The zero-order valence-corrected chi connectivity index (χ0v) is 15.2. The highest BCUT2D eigenvalue weighted by atomic mass is 16.2. The Kier molecular flexibility index (Phi) is 6.75. The Morgan fingerprint density at radius 2 is 1.76 bits per heavy atom. The van der Waals surface area contributed by atoms with Gasteiger partial charge in [0.15, 0.2) is 0 Å². The third-order valence-corrected chi connectivity index (χ3v) is 3.88.